The number of hydrogen-bond donors (Lipinski definition) is 1. The number of rotatable bonds is 1. The fourth-order valence-corrected chi connectivity index (χ4v) is 2.11. The Labute approximate surface area is 107 Å². The second-order valence-electron chi connectivity index (χ2n) is 4.86. The van der Waals surface area contributed by atoms with Gasteiger partial charge in [0, 0.05) is 17.5 Å². The van der Waals surface area contributed by atoms with Gasteiger partial charge in [-0.3, -0.25) is 9.78 Å². The first kappa shape index (κ1) is 12.8. The van der Waals surface area contributed by atoms with E-state index in [0.717, 1.165) is 25.0 Å². The van der Waals surface area contributed by atoms with Gasteiger partial charge in [-0.25, -0.2) is 0 Å². The highest BCUT2D eigenvalue weighted by Crippen LogP contribution is 2.27. The molecule has 1 aromatic rings. The molecule has 0 saturated heterocycles. The Balaban J connectivity index is 2.09. The van der Waals surface area contributed by atoms with Crippen LogP contribution in [0.4, 0.5) is 0 Å². The SMILES string of the molecule is Cc1ccc(C(=O)C#CC2(O)CCCCC2)cn1. The highest BCUT2D eigenvalue weighted by Gasteiger charge is 2.26. The van der Waals surface area contributed by atoms with E-state index in [2.05, 4.69) is 16.8 Å². The Hall–Kier alpha value is -1.66. The van der Waals surface area contributed by atoms with E-state index in [-0.39, 0.29) is 5.78 Å². The maximum Gasteiger partial charge on any atom is 0.237 e. The summed E-state index contributed by atoms with van der Waals surface area (Å²) in [6, 6.07) is 3.49. The molecule has 0 spiro atoms. The fourth-order valence-electron chi connectivity index (χ4n) is 2.11. The van der Waals surface area contributed by atoms with Gasteiger partial charge in [-0.2, -0.15) is 0 Å². The van der Waals surface area contributed by atoms with Crippen molar-refractivity contribution in [1.82, 2.24) is 4.98 Å². The van der Waals surface area contributed by atoms with Gasteiger partial charge < -0.3 is 5.11 Å². The number of aromatic nitrogens is 1. The maximum atomic E-state index is 11.8. The molecule has 1 aliphatic rings. The van der Waals surface area contributed by atoms with Gasteiger partial charge in [0.25, 0.3) is 0 Å². The van der Waals surface area contributed by atoms with Gasteiger partial charge in [-0.05, 0) is 50.7 Å². The van der Waals surface area contributed by atoms with E-state index in [9.17, 15) is 9.90 Å². The Morgan fingerprint density at radius 1 is 1.33 bits per heavy atom. The van der Waals surface area contributed by atoms with Gasteiger partial charge >= 0.3 is 0 Å². The van der Waals surface area contributed by atoms with E-state index >= 15 is 0 Å². The third kappa shape index (κ3) is 3.18. The summed E-state index contributed by atoms with van der Waals surface area (Å²) in [7, 11) is 0. The number of ketones is 1. The van der Waals surface area contributed by atoms with Gasteiger partial charge in [0.05, 0.1) is 0 Å². The van der Waals surface area contributed by atoms with Crippen molar-refractivity contribution in [2.45, 2.75) is 44.6 Å². The Morgan fingerprint density at radius 2 is 2.06 bits per heavy atom. The zero-order valence-corrected chi connectivity index (χ0v) is 10.6. The fraction of sp³-hybridized carbons (Fsp3) is 0.467. The standard InChI is InChI=1S/C15H17NO2/c1-12-5-6-13(11-16-12)14(17)7-10-15(18)8-3-2-4-9-15/h5-6,11,18H,2-4,8-9H2,1H3. The number of aryl methyl sites for hydroxylation is 1. The number of carbonyl (C=O) groups excluding carboxylic acids is 1. The molecule has 1 saturated carbocycles. The molecule has 3 nitrogen and oxygen atoms in total. The van der Waals surface area contributed by atoms with E-state index in [1.807, 2.05) is 6.92 Å². The summed E-state index contributed by atoms with van der Waals surface area (Å²) in [4.78, 5) is 15.9. The number of hydrogen-bond acceptors (Lipinski definition) is 3. The van der Waals surface area contributed by atoms with Gasteiger partial charge in [0.1, 0.15) is 5.60 Å². The topological polar surface area (TPSA) is 50.2 Å². The lowest BCUT2D eigenvalue weighted by Crippen LogP contribution is -2.29. The second-order valence-corrected chi connectivity index (χ2v) is 4.86. The highest BCUT2D eigenvalue weighted by atomic mass is 16.3. The van der Waals surface area contributed by atoms with Gasteiger partial charge in [-0.15, -0.1) is 0 Å². The van der Waals surface area contributed by atoms with Crippen molar-refractivity contribution in [3.63, 3.8) is 0 Å². The Kier molecular flexibility index (Phi) is 3.78. The quantitative estimate of drug-likeness (QED) is 0.467. The molecule has 0 radical (unpaired) electrons. The smallest absolute Gasteiger partial charge is 0.237 e. The molecule has 0 atom stereocenters. The molecular formula is C15H17NO2. The number of nitrogens with zero attached hydrogens (tertiary/aromatic N) is 1. The van der Waals surface area contributed by atoms with E-state index in [1.54, 1.807) is 12.1 Å². The molecule has 0 bridgehead atoms. The first-order valence-corrected chi connectivity index (χ1v) is 6.32. The molecule has 1 heterocycles. The van der Waals surface area contributed by atoms with Crippen LogP contribution in [0.5, 0.6) is 0 Å². The summed E-state index contributed by atoms with van der Waals surface area (Å²) in [5.74, 6) is 5.01. The average Bonchev–Trinajstić information content (AvgIpc) is 2.38. The van der Waals surface area contributed by atoms with Crippen LogP contribution in [-0.2, 0) is 0 Å². The molecule has 3 heteroatoms. The lowest BCUT2D eigenvalue weighted by Gasteiger charge is -2.26. The van der Waals surface area contributed by atoms with Gasteiger partial charge in [-0.1, -0.05) is 12.3 Å². The van der Waals surface area contributed by atoms with Crippen LogP contribution < -0.4 is 0 Å². The number of carbonyl (C=O) groups is 1. The Bertz CT molecular complexity index is 487. The largest absolute Gasteiger partial charge is 0.378 e. The number of Topliss-reactive ketones (excluding diaryl/α,β-unsaturated/α-hetero) is 1. The van der Waals surface area contributed by atoms with Crippen molar-refractivity contribution >= 4 is 5.78 Å². The molecule has 1 N–H and O–H groups in total. The highest BCUT2D eigenvalue weighted by molar-refractivity contribution is 6.08. The summed E-state index contributed by atoms with van der Waals surface area (Å²) in [5, 5.41) is 10.2. The van der Waals surface area contributed by atoms with E-state index in [4.69, 9.17) is 0 Å². The van der Waals surface area contributed by atoms with Crippen molar-refractivity contribution in [3.8, 4) is 11.8 Å². The average molecular weight is 243 g/mol. The van der Waals surface area contributed by atoms with Crippen molar-refractivity contribution in [3.05, 3.63) is 29.6 Å². The Morgan fingerprint density at radius 3 is 2.67 bits per heavy atom. The van der Waals surface area contributed by atoms with Crippen LogP contribution in [0.2, 0.25) is 0 Å². The minimum atomic E-state index is -0.966. The minimum absolute atomic E-state index is 0.276. The van der Waals surface area contributed by atoms with Crippen LogP contribution in [0.15, 0.2) is 18.3 Å². The van der Waals surface area contributed by atoms with Crippen LogP contribution >= 0.6 is 0 Å². The summed E-state index contributed by atoms with van der Waals surface area (Å²) >= 11 is 0. The van der Waals surface area contributed by atoms with Crippen LogP contribution in [0.1, 0.15) is 48.2 Å². The molecule has 1 aromatic heterocycles. The molecular weight excluding hydrogens is 226 g/mol. The molecule has 1 aliphatic carbocycles. The maximum absolute atomic E-state index is 11.8. The van der Waals surface area contributed by atoms with E-state index in [0.29, 0.717) is 18.4 Å². The first-order valence-electron chi connectivity index (χ1n) is 6.32. The number of aliphatic hydroxyl groups is 1. The van der Waals surface area contributed by atoms with Crippen molar-refractivity contribution < 1.29 is 9.90 Å². The van der Waals surface area contributed by atoms with Crippen molar-refractivity contribution in [2.24, 2.45) is 0 Å². The lowest BCUT2D eigenvalue weighted by atomic mass is 9.85. The predicted molar refractivity (Wildman–Crippen MR) is 69.1 cm³/mol. The summed E-state index contributed by atoms with van der Waals surface area (Å²) in [6.45, 7) is 1.87. The predicted octanol–water partition coefficient (Wildman–Crippen LogP) is 2.27. The van der Waals surface area contributed by atoms with E-state index < -0.39 is 5.60 Å². The summed E-state index contributed by atoms with van der Waals surface area (Å²) in [5.41, 5.74) is 0.379. The molecule has 2 rings (SSSR count). The second kappa shape index (κ2) is 5.32. The van der Waals surface area contributed by atoms with E-state index in [1.165, 1.54) is 6.20 Å². The normalized spacial score (nSPS) is 17.7. The molecule has 0 aromatic carbocycles. The van der Waals surface area contributed by atoms with Gasteiger partial charge in [0.2, 0.25) is 5.78 Å². The van der Waals surface area contributed by atoms with Crippen molar-refractivity contribution in [2.75, 3.05) is 0 Å². The minimum Gasteiger partial charge on any atom is -0.378 e. The van der Waals surface area contributed by atoms with Crippen molar-refractivity contribution in [1.29, 1.82) is 0 Å². The summed E-state index contributed by atoms with van der Waals surface area (Å²) in [6.07, 6.45) is 5.95. The first-order chi connectivity index (χ1) is 8.59. The monoisotopic (exact) mass is 243 g/mol. The zero-order valence-electron chi connectivity index (χ0n) is 10.6. The number of pyridine rings is 1. The van der Waals surface area contributed by atoms with Crippen LogP contribution in [-0.4, -0.2) is 21.5 Å². The van der Waals surface area contributed by atoms with Crippen LogP contribution in [0, 0.1) is 18.8 Å². The lowest BCUT2D eigenvalue weighted by molar-refractivity contribution is 0.0607. The van der Waals surface area contributed by atoms with Crippen LogP contribution in [0.25, 0.3) is 0 Å². The van der Waals surface area contributed by atoms with Crippen LogP contribution in [0.3, 0.4) is 0 Å². The molecule has 94 valence electrons. The third-order valence-electron chi connectivity index (χ3n) is 3.26. The molecule has 18 heavy (non-hydrogen) atoms. The third-order valence-corrected chi connectivity index (χ3v) is 3.26. The van der Waals surface area contributed by atoms with Gasteiger partial charge in [0.15, 0.2) is 0 Å². The molecule has 1 fully saturated rings. The zero-order chi connectivity index (χ0) is 13.0. The molecule has 0 aliphatic heterocycles. The molecule has 0 unspecified atom stereocenters. The molecule has 0 amide bonds. The summed E-state index contributed by atoms with van der Waals surface area (Å²) < 4.78 is 0.